The summed E-state index contributed by atoms with van der Waals surface area (Å²) < 4.78 is 61.5. The fourth-order valence-corrected chi connectivity index (χ4v) is 8.50. The van der Waals surface area contributed by atoms with E-state index in [0.717, 1.165) is 42.4 Å². The van der Waals surface area contributed by atoms with Crippen molar-refractivity contribution in [1.82, 2.24) is 0 Å². The maximum absolute atomic E-state index is 14.8. The molecule has 0 spiro atoms. The molecule has 0 N–H and O–H groups in total. The lowest BCUT2D eigenvalue weighted by Gasteiger charge is -2.41. The zero-order chi connectivity index (χ0) is 28.0. The highest BCUT2D eigenvalue weighted by Crippen LogP contribution is 2.47. The van der Waals surface area contributed by atoms with E-state index in [1.54, 1.807) is 13.8 Å². The van der Waals surface area contributed by atoms with Gasteiger partial charge in [-0.1, -0.05) is 51.9 Å². The maximum Gasteiger partial charge on any atom is 0.419 e. The van der Waals surface area contributed by atoms with Crippen LogP contribution in [0.5, 0.6) is 5.75 Å². The summed E-state index contributed by atoms with van der Waals surface area (Å²) in [5.41, 5.74) is -0.527. The second kappa shape index (κ2) is 14.1. The van der Waals surface area contributed by atoms with Crippen molar-refractivity contribution < 1.29 is 22.3 Å². The lowest BCUT2D eigenvalue weighted by Crippen LogP contribution is -2.30. The molecule has 3 saturated carbocycles. The van der Waals surface area contributed by atoms with Crippen LogP contribution in [0.3, 0.4) is 0 Å². The number of ether oxygens (including phenoxy) is 1. The van der Waals surface area contributed by atoms with Gasteiger partial charge in [0.1, 0.15) is 0 Å². The highest BCUT2D eigenvalue weighted by atomic mass is 19.4. The molecule has 1 nitrogen and oxygen atoms in total. The first-order valence-corrected chi connectivity index (χ1v) is 16.2. The quantitative estimate of drug-likeness (QED) is 0.262. The standard InChI is InChI=1S/C34H52F4O/c1-4-6-7-24-8-13-26(14-9-24)28-17-19-29(20-18-28)27-15-10-25(11-16-27)12-21-30-23(3)22-31(39-5-2)33(35)32(30)34(36,37)38/h22,24-29H,4-21H2,1-3H3. The van der Waals surface area contributed by atoms with Crippen LogP contribution in [0, 0.1) is 48.2 Å². The summed E-state index contributed by atoms with van der Waals surface area (Å²) in [4.78, 5) is 0. The van der Waals surface area contributed by atoms with Gasteiger partial charge in [0.2, 0.25) is 0 Å². The number of hydrogen-bond donors (Lipinski definition) is 0. The van der Waals surface area contributed by atoms with Crippen molar-refractivity contribution in [3.05, 3.63) is 28.6 Å². The Morgan fingerprint density at radius 2 is 1.21 bits per heavy atom. The Balaban J connectivity index is 1.23. The van der Waals surface area contributed by atoms with Gasteiger partial charge in [-0.3, -0.25) is 0 Å². The first-order chi connectivity index (χ1) is 18.7. The van der Waals surface area contributed by atoms with Crippen molar-refractivity contribution in [3.63, 3.8) is 0 Å². The van der Waals surface area contributed by atoms with Crippen molar-refractivity contribution >= 4 is 0 Å². The van der Waals surface area contributed by atoms with Crippen LogP contribution in [0.2, 0.25) is 0 Å². The van der Waals surface area contributed by atoms with Crippen LogP contribution >= 0.6 is 0 Å². The Hall–Kier alpha value is -1.26. The summed E-state index contributed by atoms with van der Waals surface area (Å²) in [6.45, 7) is 5.74. The molecule has 3 aliphatic rings. The summed E-state index contributed by atoms with van der Waals surface area (Å²) in [5.74, 6) is 3.45. The van der Waals surface area contributed by atoms with Crippen molar-refractivity contribution in [3.8, 4) is 5.75 Å². The third-order valence-corrected chi connectivity index (χ3v) is 10.8. The number of unbranched alkanes of at least 4 members (excludes halogenated alkanes) is 1. The van der Waals surface area contributed by atoms with Crippen molar-refractivity contribution in [2.24, 2.45) is 35.5 Å². The summed E-state index contributed by atoms with van der Waals surface area (Å²) in [6.07, 6.45) is 16.5. The van der Waals surface area contributed by atoms with Gasteiger partial charge in [0.15, 0.2) is 11.6 Å². The van der Waals surface area contributed by atoms with E-state index >= 15 is 0 Å². The molecule has 0 heterocycles. The number of alkyl halides is 3. The van der Waals surface area contributed by atoms with Crippen LogP contribution in [0.4, 0.5) is 17.6 Å². The fraction of sp³-hybridized carbons (Fsp3) is 0.824. The minimum absolute atomic E-state index is 0.114. The second-order valence-corrected chi connectivity index (χ2v) is 13.2. The Morgan fingerprint density at radius 3 is 1.64 bits per heavy atom. The Morgan fingerprint density at radius 1 is 0.744 bits per heavy atom. The molecule has 1 aromatic carbocycles. The molecule has 1 aromatic rings. The van der Waals surface area contributed by atoms with Crippen LogP contribution in [0.25, 0.3) is 0 Å². The minimum atomic E-state index is -4.72. The molecule has 0 bridgehead atoms. The van der Waals surface area contributed by atoms with Crippen LogP contribution in [-0.4, -0.2) is 6.61 Å². The Bertz CT molecular complexity index is 885. The molecule has 3 fully saturated rings. The van der Waals surface area contributed by atoms with Gasteiger partial charge in [0, 0.05) is 0 Å². The Labute approximate surface area is 234 Å². The molecule has 0 atom stereocenters. The van der Waals surface area contributed by atoms with Gasteiger partial charge in [0.05, 0.1) is 12.2 Å². The topological polar surface area (TPSA) is 9.23 Å². The van der Waals surface area contributed by atoms with Crippen molar-refractivity contribution in [2.45, 2.75) is 136 Å². The lowest BCUT2D eigenvalue weighted by atomic mass is 9.64. The summed E-state index contributed by atoms with van der Waals surface area (Å²) in [5, 5.41) is 0. The van der Waals surface area contributed by atoms with E-state index in [1.165, 1.54) is 89.5 Å². The van der Waals surface area contributed by atoms with E-state index in [9.17, 15) is 17.6 Å². The molecule has 0 unspecified atom stereocenters. The Kier molecular flexibility index (Phi) is 11.1. The van der Waals surface area contributed by atoms with Crippen LogP contribution in [0.1, 0.15) is 133 Å². The molecule has 4 rings (SSSR count). The first kappa shape index (κ1) is 30.7. The molecule has 3 aliphatic carbocycles. The minimum Gasteiger partial charge on any atom is -0.491 e. The number of benzene rings is 1. The predicted octanol–water partition coefficient (Wildman–Crippen LogP) is 11.1. The average Bonchev–Trinajstić information content (AvgIpc) is 2.93. The molecular formula is C34H52F4O. The monoisotopic (exact) mass is 552 g/mol. The van der Waals surface area contributed by atoms with Gasteiger partial charge >= 0.3 is 6.18 Å². The molecule has 0 aliphatic heterocycles. The van der Waals surface area contributed by atoms with Crippen molar-refractivity contribution in [1.29, 1.82) is 0 Å². The first-order valence-electron chi connectivity index (χ1n) is 16.2. The summed E-state index contributed by atoms with van der Waals surface area (Å²) in [7, 11) is 0. The summed E-state index contributed by atoms with van der Waals surface area (Å²) in [6, 6.07) is 1.44. The van der Waals surface area contributed by atoms with Gasteiger partial charge in [-0.25, -0.2) is 4.39 Å². The van der Waals surface area contributed by atoms with Gasteiger partial charge < -0.3 is 4.74 Å². The zero-order valence-electron chi connectivity index (χ0n) is 24.7. The van der Waals surface area contributed by atoms with E-state index in [-0.39, 0.29) is 24.3 Å². The van der Waals surface area contributed by atoms with Crippen LogP contribution in [-0.2, 0) is 12.6 Å². The SMILES string of the molecule is CCCCC1CCC(C2CCC(C3CCC(CCc4c(C)cc(OCC)c(F)c4C(F)(F)F)CC3)CC2)CC1. The molecule has 39 heavy (non-hydrogen) atoms. The third-order valence-electron chi connectivity index (χ3n) is 10.8. The molecule has 0 aromatic heterocycles. The van der Waals surface area contributed by atoms with Crippen molar-refractivity contribution in [2.75, 3.05) is 6.61 Å². The molecule has 0 saturated heterocycles. The van der Waals surface area contributed by atoms with E-state index < -0.39 is 17.6 Å². The third kappa shape index (κ3) is 7.94. The van der Waals surface area contributed by atoms with E-state index in [1.807, 2.05) is 0 Å². The lowest BCUT2D eigenvalue weighted by molar-refractivity contribution is -0.140. The number of hydrogen-bond acceptors (Lipinski definition) is 1. The van der Waals surface area contributed by atoms with Crippen LogP contribution < -0.4 is 4.74 Å². The largest absolute Gasteiger partial charge is 0.491 e. The fourth-order valence-electron chi connectivity index (χ4n) is 8.50. The zero-order valence-corrected chi connectivity index (χ0v) is 24.7. The van der Waals surface area contributed by atoms with E-state index in [0.29, 0.717) is 17.9 Å². The van der Waals surface area contributed by atoms with Gasteiger partial charge in [-0.2, -0.15) is 13.2 Å². The molecular weight excluding hydrogens is 500 g/mol. The average molecular weight is 553 g/mol. The summed E-state index contributed by atoms with van der Waals surface area (Å²) >= 11 is 0. The van der Waals surface area contributed by atoms with Gasteiger partial charge in [0.25, 0.3) is 0 Å². The van der Waals surface area contributed by atoms with Crippen LogP contribution in [0.15, 0.2) is 6.07 Å². The normalized spacial score (nSPS) is 30.3. The van der Waals surface area contributed by atoms with E-state index in [2.05, 4.69) is 6.92 Å². The molecule has 5 heteroatoms. The number of aryl methyl sites for hydroxylation is 1. The molecule has 0 amide bonds. The molecule has 0 radical (unpaired) electrons. The predicted molar refractivity (Wildman–Crippen MR) is 151 cm³/mol. The smallest absolute Gasteiger partial charge is 0.419 e. The second-order valence-electron chi connectivity index (χ2n) is 13.2. The highest BCUT2D eigenvalue weighted by molar-refractivity contribution is 5.45. The molecule has 222 valence electrons. The van der Waals surface area contributed by atoms with E-state index in [4.69, 9.17) is 4.74 Å². The van der Waals surface area contributed by atoms with Gasteiger partial charge in [-0.15, -0.1) is 0 Å². The van der Waals surface area contributed by atoms with Gasteiger partial charge in [-0.05, 0) is 131 Å². The maximum atomic E-state index is 14.8. The number of rotatable bonds is 10. The highest BCUT2D eigenvalue weighted by Gasteiger charge is 2.40. The number of halogens is 4.